The first-order chi connectivity index (χ1) is 11.4. The molecule has 1 heterocycles. The summed E-state index contributed by atoms with van der Waals surface area (Å²) in [5.74, 6) is -0.447. The largest absolute Gasteiger partial charge is 0.326 e. The number of hydrogen-bond donors (Lipinski definition) is 1. The van der Waals surface area contributed by atoms with Gasteiger partial charge in [0, 0.05) is 28.8 Å². The standard InChI is InChI=1S/C19H19BrN2O2/c1-12-3-6-16(7-4-12)22-11-14(10-18(22)23)19(24)21-17-8-5-15(20)9-13(17)2/h3-9,14H,10-11H2,1-2H3,(H,21,24). The molecule has 24 heavy (non-hydrogen) atoms. The molecule has 2 amide bonds. The number of amides is 2. The van der Waals surface area contributed by atoms with E-state index in [2.05, 4.69) is 21.2 Å². The van der Waals surface area contributed by atoms with Crippen molar-refractivity contribution in [2.75, 3.05) is 16.8 Å². The monoisotopic (exact) mass is 386 g/mol. The van der Waals surface area contributed by atoms with Crippen molar-refractivity contribution in [1.82, 2.24) is 0 Å². The average Bonchev–Trinajstić information content (AvgIpc) is 2.93. The average molecular weight is 387 g/mol. The maximum Gasteiger partial charge on any atom is 0.229 e. The smallest absolute Gasteiger partial charge is 0.229 e. The molecule has 5 heteroatoms. The van der Waals surface area contributed by atoms with Gasteiger partial charge < -0.3 is 10.2 Å². The van der Waals surface area contributed by atoms with Crippen LogP contribution in [0.2, 0.25) is 0 Å². The van der Waals surface area contributed by atoms with Crippen molar-refractivity contribution < 1.29 is 9.59 Å². The third-order valence-corrected chi connectivity index (χ3v) is 4.78. The molecular weight excluding hydrogens is 368 g/mol. The SMILES string of the molecule is Cc1ccc(N2CC(C(=O)Nc3ccc(Br)cc3C)CC2=O)cc1. The van der Waals surface area contributed by atoms with Gasteiger partial charge in [-0.05, 0) is 49.7 Å². The second-order valence-electron chi connectivity index (χ2n) is 6.19. The Balaban J connectivity index is 1.70. The summed E-state index contributed by atoms with van der Waals surface area (Å²) in [7, 11) is 0. The van der Waals surface area contributed by atoms with Gasteiger partial charge in [0.05, 0.1) is 5.92 Å². The Labute approximate surface area is 150 Å². The minimum absolute atomic E-state index is 0.00784. The molecule has 0 radical (unpaired) electrons. The highest BCUT2D eigenvalue weighted by molar-refractivity contribution is 9.10. The zero-order valence-electron chi connectivity index (χ0n) is 13.7. The van der Waals surface area contributed by atoms with Crippen molar-refractivity contribution in [3.05, 3.63) is 58.1 Å². The van der Waals surface area contributed by atoms with Crippen molar-refractivity contribution in [3.63, 3.8) is 0 Å². The molecule has 1 fully saturated rings. The second kappa shape index (κ2) is 6.77. The Hall–Kier alpha value is -2.14. The van der Waals surface area contributed by atoms with Crippen LogP contribution in [-0.4, -0.2) is 18.4 Å². The lowest BCUT2D eigenvalue weighted by Gasteiger charge is -2.17. The van der Waals surface area contributed by atoms with Gasteiger partial charge in [-0.15, -0.1) is 0 Å². The molecule has 0 aromatic heterocycles. The van der Waals surface area contributed by atoms with Gasteiger partial charge in [0.1, 0.15) is 0 Å². The quantitative estimate of drug-likeness (QED) is 0.864. The lowest BCUT2D eigenvalue weighted by Crippen LogP contribution is -2.28. The Kier molecular flexibility index (Phi) is 4.71. The molecule has 124 valence electrons. The van der Waals surface area contributed by atoms with E-state index >= 15 is 0 Å². The predicted molar refractivity (Wildman–Crippen MR) is 99.1 cm³/mol. The van der Waals surface area contributed by atoms with Crippen LogP contribution in [0, 0.1) is 19.8 Å². The Morgan fingerprint density at radius 1 is 1.17 bits per heavy atom. The molecular formula is C19H19BrN2O2. The lowest BCUT2D eigenvalue weighted by molar-refractivity contribution is -0.122. The van der Waals surface area contributed by atoms with E-state index in [9.17, 15) is 9.59 Å². The predicted octanol–water partition coefficient (Wildman–Crippen LogP) is 4.06. The summed E-state index contributed by atoms with van der Waals surface area (Å²) in [5.41, 5.74) is 3.76. The van der Waals surface area contributed by atoms with E-state index in [1.54, 1.807) is 4.90 Å². The summed E-state index contributed by atoms with van der Waals surface area (Å²) >= 11 is 3.41. The fourth-order valence-corrected chi connectivity index (χ4v) is 3.34. The van der Waals surface area contributed by atoms with Crippen LogP contribution in [0.25, 0.3) is 0 Å². The molecule has 0 aliphatic carbocycles. The summed E-state index contributed by atoms with van der Waals surface area (Å²) in [6.07, 6.45) is 0.245. The summed E-state index contributed by atoms with van der Waals surface area (Å²) in [6.45, 7) is 4.37. The van der Waals surface area contributed by atoms with Crippen LogP contribution in [-0.2, 0) is 9.59 Å². The number of anilines is 2. The first-order valence-corrected chi connectivity index (χ1v) is 8.67. The van der Waals surface area contributed by atoms with E-state index in [1.165, 1.54) is 0 Å². The number of nitrogens with one attached hydrogen (secondary N) is 1. The van der Waals surface area contributed by atoms with Crippen LogP contribution in [0.5, 0.6) is 0 Å². The Morgan fingerprint density at radius 2 is 1.88 bits per heavy atom. The highest BCUT2D eigenvalue weighted by Gasteiger charge is 2.35. The summed E-state index contributed by atoms with van der Waals surface area (Å²) in [6, 6.07) is 13.5. The number of rotatable bonds is 3. The van der Waals surface area contributed by atoms with Crippen molar-refractivity contribution >= 4 is 39.1 Å². The van der Waals surface area contributed by atoms with Crippen molar-refractivity contribution in [3.8, 4) is 0 Å². The molecule has 1 unspecified atom stereocenters. The number of carbonyl (C=O) groups is 2. The molecule has 1 aliphatic rings. The molecule has 1 N–H and O–H groups in total. The fraction of sp³-hybridized carbons (Fsp3) is 0.263. The number of carbonyl (C=O) groups excluding carboxylic acids is 2. The zero-order valence-corrected chi connectivity index (χ0v) is 15.3. The van der Waals surface area contributed by atoms with Gasteiger partial charge in [-0.3, -0.25) is 9.59 Å². The number of aryl methyl sites for hydroxylation is 2. The van der Waals surface area contributed by atoms with E-state index in [0.717, 1.165) is 27.0 Å². The van der Waals surface area contributed by atoms with Gasteiger partial charge in [0.25, 0.3) is 0 Å². The molecule has 3 rings (SSSR count). The first-order valence-electron chi connectivity index (χ1n) is 7.88. The van der Waals surface area contributed by atoms with Gasteiger partial charge in [-0.25, -0.2) is 0 Å². The van der Waals surface area contributed by atoms with Gasteiger partial charge >= 0.3 is 0 Å². The normalized spacial score (nSPS) is 17.2. The van der Waals surface area contributed by atoms with Crippen molar-refractivity contribution in [1.29, 1.82) is 0 Å². The molecule has 1 aliphatic heterocycles. The van der Waals surface area contributed by atoms with E-state index < -0.39 is 0 Å². The highest BCUT2D eigenvalue weighted by Crippen LogP contribution is 2.27. The topological polar surface area (TPSA) is 49.4 Å². The zero-order chi connectivity index (χ0) is 17.3. The van der Waals surface area contributed by atoms with E-state index in [4.69, 9.17) is 0 Å². The van der Waals surface area contributed by atoms with Gasteiger partial charge in [-0.1, -0.05) is 33.6 Å². The minimum atomic E-state index is -0.332. The fourth-order valence-electron chi connectivity index (χ4n) is 2.86. The van der Waals surface area contributed by atoms with Crippen molar-refractivity contribution in [2.24, 2.45) is 5.92 Å². The Morgan fingerprint density at radius 3 is 2.54 bits per heavy atom. The maximum atomic E-state index is 12.5. The summed E-state index contributed by atoms with van der Waals surface area (Å²) < 4.78 is 0.972. The summed E-state index contributed by atoms with van der Waals surface area (Å²) in [5, 5.41) is 2.94. The van der Waals surface area contributed by atoms with E-state index in [1.807, 2.05) is 56.3 Å². The number of halogens is 1. The highest BCUT2D eigenvalue weighted by atomic mass is 79.9. The van der Waals surface area contributed by atoms with Crippen LogP contribution in [0.3, 0.4) is 0 Å². The van der Waals surface area contributed by atoms with Crippen LogP contribution in [0.4, 0.5) is 11.4 Å². The van der Waals surface area contributed by atoms with Crippen LogP contribution in [0.15, 0.2) is 46.9 Å². The van der Waals surface area contributed by atoms with Crippen LogP contribution >= 0.6 is 15.9 Å². The molecule has 1 saturated heterocycles. The van der Waals surface area contributed by atoms with Gasteiger partial charge in [0.2, 0.25) is 11.8 Å². The third kappa shape index (κ3) is 3.51. The van der Waals surface area contributed by atoms with E-state index in [-0.39, 0.29) is 24.2 Å². The third-order valence-electron chi connectivity index (χ3n) is 4.29. The molecule has 0 spiro atoms. The molecule has 4 nitrogen and oxygen atoms in total. The minimum Gasteiger partial charge on any atom is -0.326 e. The molecule has 0 bridgehead atoms. The van der Waals surface area contributed by atoms with Gasteiger partial charge in [-0.2, -0.15) is 0 Å². The molecule has 1 atom stereocenters. The number of benzene rings is 2. The lowest BCUT2D eigenvalue weighted by atomic mass is 10.1. The van der Waals surface area contributed by atoms with Crippen LogP contribution in [0.1, 0.15) is 17.5 Å². The number of hydrogen-bond acceptors (Lipinski definition) is 2. The molecule has 2 aromatic carbocycles. The number of nitrogens with zero attached hydrogens (tertiary/aromatic N) is 1. The molecule has 2 aromatic rings. The summed E-state index contributed by atoms with van der Waals surface area (Å²) in [4.78, 5) is 26.5. The van der Waals surface area contributed by atoms with Crippen molar-refractivity contribution in [2.45, 2.75) is 20.3 Å². The van der Waals surface area contributed by atoms with Gasteiger partial charge in [0.15, 0.2) is 0 Å². The van der Waals surface area contributed by atoms with Crippen LogP contribution < -0.4 is 10.2 Å². The van der Waals surface area contributed by atoms with E-state index in [0.29, 0.717) is 6.54 Å². The Bertz CT molecular complexity index is 786. The second-order valence-corrected chi connectivity index (χ2v) is 7.11. The molecule has 0 saturated carbocycles. The first kappa shape index (κ1) is 16.7. The maximum absolute atomic E-state index is 12.5.